The van der Waals surface area contributed by atoms with Crippen LogP contribution in [0.4, 0.5) is 11.6 Å². The van der Waals surface area contributed by atoms with Crippen molar-refractivity contribution in [1.82, 2.24) is 20.3 Å². The lowest BCUT2D eigenvalue weighted by molar-refractivity contribution is 0.0948. The molecule has 0 aliphatic carbocycles. The Morgan fingerprint density at radius 1 is 1.24 bits per heavy atom. The SMILES string of the molecule is CC(C)CNC(=O)c1ccc2c(c1)CC(C1=Nc3cc(-c4ccnc(N)n4)cnc3C1)CO2. The van der Waals surface area contributed by atoms with Gasteiger partial charge in [0.05, 0.1) is 23.7 Å². The van der Waals surface area contributed by atoms with E-state index in [2.05, 4.69) is 34.1 Å². The Morgan fingerprint density at radius 2 is 2.12 bits per heavy atom. The summed E-state index contributed by atoms with van der Waals surface area (Å²) in [5, 5.41) is 2.98. The second-order valence-electron chi connectivity index (χ2n) is 8.91. The van der Waals surface area contributed by atoms with E-state index in [1.54, 1.807) is 18.5 Å². The van der Waals surface area contributed by atoms with E-state index in [-0.39, 0.29) is 17.8 Å². The number of ether oxygens (including phenoxy) is 1. The van der Waals surface area contributed by atoms with Crippen LogP contribution in [0.1, 0.15) is 35.5 Å². The van der Waals surface area contributed by atoms with Gasteiger partial charge in [-0.25, -0.2) is 9.97 Å². The number of carbonyl (C=O) groups excluding carboxylic acids is 1. The van der Waals surface area contributed by atoms with E-state index < -0.39 is 0 Å². The van der Waals surface area contributed by atoms with Crippen molar-refractivity contribution in [3.63, 3.8) is 0 Å². The number of hydrogen-bond acceptors (Lipinski definition) is 7. The van der Waals surface area contributed by atoms with Crippen LogP contribution < -0.4 is 15.8 Å². The number of carbonyl (C=O) groups is 1. The highest BCUT2D eigenvalue weighted by Gasteiger charge is 2.29. The molecule has 2 aliphatic rings. The van der Waals surface area contributed by atoms with Crippen LogP contribution in [0.25, 0.3) is 11.3 Å². The molecule has 0 radical (unpaired) electrons. The number of rotatable bonds is 5. The van der Waals surface area contributed by atoms with Gasteiger partial charge in [-0.15, -0.1) is 0 Å². The Hall–Kier alpha value is -3.81. The number of nitrogen functional groups attached to an aromatic ring is 1. The van der Waals surface area contributed by atoms with Crippen molar-refractivity contribution >= 4 is 23.3 Å². The fourth-order valence-corrected chi connectivity index (χ4v) is 4.14. The van der Waals surface area contributed by atoms with Crippen LogP contribution in [0.3, 0.4) is 0 Å². The fraction of sp³-hybridized carbons (Fsp3) is 0.320. The maximum absolute atomic E-state index is 12.5. The minimum Gasteiger partial charge on any atom is -0.493 e. The molecule has 3 N–H and O–H groups in total. The van der Waals surface area contributed by atoms with E-state index in [9.17, 15) is 4.79 Å². The summed E-state index contributed by atoms with van der Waals surface area (Å²) >= 11 is 0. The number of hydrogen-bond donors (Lipinski definition) is 2. The maximum atomic E-state index is 12.5. The van der Waals surface area contributed by atoms with Crippen LogP contribution in [0.15, 0.2) is 47.7 Å². The normalized spacial score (nSPS) is 16.6. The summed E-state index contributed by atoms with van der Waals surface area (Å²) in [5.41, 5.74) is 11.8. The minimum absolute atomic E-state index is 0.0543. The van der Waals surface area contributed by atoms with Crippen LogP contribution in [-0.4, -0.2) is 39.7 Å². The zero-order valence-electron chi connectivity index (χ0n) is 18.7. The Morgan fingerprint density at radius 3 is 2.94 bits per heavy atom. The fourth-order valence-electron chi connectivity index (χ4n) is 4.14. The van der Waals surface area contributed by atoms with Gasteiger partial charge in [0.1, 0.15) is 5.75 Å². The molecule has 2 aliphatic heterocycles. The number of pyridine rings is 1. The quantitative estimate of drug-likeness (QED) is 0.626. The highest BCUT2D eigenvalue weighted by Crippen LogP contribution is 2.35. The predicted octanol–water partition coefficient (Wildman–Crippen LogP) is 3.39. The summed E-state index contributed by atoms with van der Waals surface area (Å²) in [5.74, 6) is 1.55. The van der Waals surface area contributed by atoms with Gasteiger partial charge in [-0.3, -0.25) is 14.8 Å². The first kappa shape index (κ1) is 21.1. The van der Waals surface area contributed by atoms with Crippen LogP contribution in [0.2, 0.25) is 0 Å². The van der Waals surface area contributed by atoms with Gasteiger partial charge in [-0.2, -0.15) is 0 Å². The monoisotopic (exact) mass is 442 g/mol. The number of nitrogens with one attached hydrogen (secondary N) is 1. The first-order valence-electron chi connectivity index (χ1n) is 11.2. The van der Waals surface area contributed by atoms with Gasteiger partial charge >= 0.3 is 0 Å². The molecule has 8 nitrogen and oxygen atoms in total. The molecule has 168 valence electrons. The zero-order valence-corrected chi connectivity index (χ0v) is 18.7. The van der Waals surface area contributed by atoms with E-state index in [4.69, 9.17) is 15.5 Å². The molecular weight excluding hydrogens is 416 g/mol. The van der Waals surface area contributed by atoms with Gasteiger partial charge in [0, 0.05) is 48.1 Å². The predicted molar refractivity (Wildman–Crippen MR) is 127 cm³/mol. The lowest BCUT2D eigenvalue weighted by atomic mass is 9.90. The second kappa shape index (κ2) is 8.61. The Bertz CT molecular complexity index is 1250. The lowest BCUT2D eigenvalue weighted by Crippen LogP contribution is -2.30. The molecule has 0 saturated heterocycles. The number of nitrogens with two attached hydrogens (primary N) is 1. The largest absolute Gasteiger partial charge is 0.493 e. The van der Waals surface area contributed by atoms with Crippen molar-refractivity contribution in [2.45, 2.75) is 26.7 Å². The lowest BCUT2D eigenvalue weighted by Gasteiger charge is -2.25. The van der Waals surface area contributed by atoms with E-state index in [0.29, 0.717) is 31.1 Å². The van der Waals surface area contributed by atoms with Crippen LogP contribution in [0.5, 0.6) is 5.75 Å². The van der Waals surface area contributed by atoms with Crippen molar-refractivity contribution in [1.29, 1.82) is 0 Å². The van der Waals surface area contributed by atoms with Crippen molar-refractivity contribution in [3.05, 3.63) is 59.5 Å². The van der Waals surface area contributed by atoms with Crippen molar-refractivity contribution < 1.29 is 9.53 Å². The van der Waals surface area contributed by atoms with Gasteiger partial charge < -0.3 is 15.8 Å². The van der Waals surface area contributed by atoms with Crippen LogP contribution in [0, 0.1) is 11.8 Å². The summed E-state index contributed by atoms with van der Waals surface area (Å²) < 4.78 is 6.02. The average Bonchev–Trinajstić information content (AvgIpc) is 3.25. The van der Waals surface area contributed by atoms with Gasteiger partial charge in [0.2, 0.25) is 5.95 Å². The third-order valence-electron chi connectivity index (χ3n) is 5.90. The number of anilines is 1. The van der Waals surface area contributed by atoms with Gasteiger partial charge in [-0.05, 0) is 48.2 Å². The number of aromatic nitrogens is 3. The number of benzene rings is 1. The summed E-state index contributed by atoms with van der Waals surface area (Å²) in [7, 11) is 0. The minimum atomic E-state index is -0.0543. The molecule has 5 rings (SSSR count). The molecule has 33 heavy (non-hydrogen) atoms. The molecule has 1 aromatic carbocycles. The van der Waals surface area contributed by atoms with E-state index in [1.807, 2.05) is 24.3 Å². The Labute approximate surface area is 192 Å². The Balaban J connectivity index is 1.34. The Kier molecular flexibility index (Phi) is 5.50. The summed E-state index contributed by atoms with van der Waals surface area (Å²) in [6.45, 7) is 5.37. The van der Waals surface area contributed by atoms with Crippen molar-refractivity contribution in [3.8, 4) is 17.0 Å². The molecule has 2 aromatic heterocycles. The number of nitrogens with zero attached hydrogens (tertiary/aromatic N) is 4. The second-order valence-corrected chi connectivity index (χ2v) is 8.91. The van der Waals surface area contributed by atoms with Crippen LogP contribution in [-0.2, 0) is 12.8 Å². The molecular formula is C25H26N6O2. The molecule has 0 bridgehead atoms. The third-order valence-corrected chi connectivity index (χ3v) is 5.90. The molecule has 3 aromatic rings. The molecule has 1 atom stereocenters. The smallest absolute Gasteiger partial charge is 0.251 e. The molecule has 1 amide bonds. The van der Waals surface area contributed by atoms with Crippen molar-refractivity contribution in [2.24, 2.45) is 16.8 Å². The summed E-state index contributed by atoms with van der Waals surface area (Å²) in [6, 6.07) is 9.45. The molecule has 8 heteroatoms. The number of fused-ring (bicyclic) bond motifs is 2. The summed E-state index contributed by atoms with van der Waals surface area (Å²) in [4.78, 5) is 30.2. The maximum Gasteiger partial charge on any atom is 0.251 e. The van der Waals surface area contributed by atoms with E-state index >= 15 is 0 Å². The standard InChI is InChI=1S/C25H26N6O2/c1-14(2)11-29-24(32)15-3-4-23-16(7-15)8-18(13-33-23)20-10-21-22(30-20)9-17(12-28-21)19-5-6-27-25(26)31-19/h3-7,9,12,14,18H,8,10-11,13H2,1-2H3,(H,29,32)(H2,26,27,31). The first-order chi connectivity index (χ1) is 16.0. The molecule has 4 heterocycles. The third kappa shape index (κ3) is 4.41. The number of amides is 1. The average molecular weight is 443 g/mol. The van der Waals surface area contributed by atoms with Gasteiger partial charge in [0.25, 0.3) is 5.91 Å². The molecule has 0 fully saturated rings. The highest BCUT2D eigenvalue weighted by molar-refractivity contribution is 5.97. The van der Waals surface area contributed by atoms with Crippen molar-refractivity contribution in [2.75, 3.05) is 18.9 Å². The topological polar surface area (TPSA) is 115 Å². The highest BCUT2D eigenvalue weighted by atomic mass is 16.5. The van der Waals surface area contributed by atoms with Gasteiger partial charge in [-0.1, -0.05) is 13.8 Å². The first-order valence-corrected chi connectivity index (χ1v) is 11.2. The van der Waals surface area contributed by atoms with Gasteiger partial charge in [0.15, 0.2) is 0 Å². The zero-order chi connectivity index (χ0) is 22.9. The molecule has 0 spiro atoms. The van der Waals surface area contributed by atoms with Crippen LogP contribution >= 0.6 is 0 Å². The number of aliphatic imine (C=N–C) groups is 1. The van der Waals surface area contributed by atoms with E-state index in [1.165, 1.54) is 0 Å². The summed E-state index contributed by atoms with van der Waals surface area (Å²) in [6.07, 6.45) is 4.91. The molecule has 0 saturated carbocycles. The molecule has 1 unspecified atom stereocenters. The van der Waals surface area contributed by atoms with E-state index in [0.717, 1.165) is 46.1 Å².